The van der Waals surface area contributed by atoms with E-state index in [9.17, 15) is 27.0 Å². The van der Waals surface area contributed by atoms with Crippen LogP contribution in [0.3, 0.4) is 0 Å². The number of hydrogen-bond acceptors (Lipinski definition) is 6. The molecule has 0 rings (SSSR count). The van der Waals surface area contributed by atoms with Crippen molar-refractivity contribution in [1.29, 1.82) is 0 Å². The largest absolute Gasteiger partial charge is 1.00 e. The molecule has 0 aliphatic rings. The number of hydrogen-bond donors (Lipinski definition) is 2. The van der Waals surface area contributed by atoms with Gasteiger partial charge in [0.05, 0.1) is 0 Å². The maximum Gasteiger partial charge on any atom is 1.00 e. The Labute approximate surface area is 125 Å². The van der Waals surface area contributed by atoms with Crippen LogP contribution in [0.4, 0.5) is 0 Å². The van der Waals surface area contributed by atoms with Gasteiger partial charge in [-0.3, -0.25) is 9.11 Å². The van der Waals surface area contributed by atoms with Crippen LogP contribution in [-0.2, 0) is 20.2 Å². The minimum atomic E-state index is -5.29. The van der Waals surface area contributed by atoms with Crippen LogP contribution in [0.15, 0.2) is 0 Å². The summed E-state index contributed by atoms with van der Waals surface area (Å²) in [5.41, 5.74) is -6.68. The van der Waals surface area contributed by atoms with Gasteiger partial charge in [-0.2, -0.15) is 0 Å². The zero-order chi connectivity index (χ0) is 10.2. The molecule has 14 heavy (non-hydrogen) atoms. The SMILES string of the molecule is O=S(=O)(O)C([O-])C([O-])S(=O)(=O)O.[Na+].[Na+]. The summed E-state index contributed by atoms with van der Waals surface area (Å²) in [6.45, 7) is 0. The first-order valence-electron chi connectivity index (χ1n) is 2.31. The molecule has 0 amide bonds. The third-order valence-corrected chi connectivity index (χ3v) is 2.65. The molecule has 0 spiro atoms. The molecule has 0 saturated carbocycles. The Balaban J connectivity index is -0.000000605. The van der Waals surface area contributed by atoms with Crippen LogP contribution in [0.1, 0.15) is 0 Å². The van der Waals surface area contributed by atoms with Crippen LogP contribution in [0.25, 0.3) is 0 Å². The van der Waals surface area contributed by atoms with Crippen molar-refractivity contribution >= 4 is 20.2 Å². The fourth-order valence-electron chi connectivity index (χ4n) is 0.281. The molecule has 0 heterocycles. The monoisotopic (exact) mass is 266 g/mol. The molecule has 12 heteroatoms. The topological polar surface area (TPSA) is 155 Å². The van der Waals surface area contributed by atoms with Gasteiger partial charge in [-0.25, -0.2) is 16.8 Å². The van der Waals surface area contributed by atoms with E-state index < -0.39 is 31.1 Å². The smallest absolute Gasteiger partial charge is 0.839 e. The van der Waals surface area contributed by atoms with E-state index in [0.29, 0.717) is 0 Å². The predicted molar refractivity (Wildman–Crippen MR) is 30.7 cm³/mol. The van der Waals surface area contributed by atoms with Crippen molar-refractivity contribution in [2.75, 3.05) is 0 Å². The summed E-state index contributed by atoms with van der Waals surface area (Å²) in [6.07, 6.45) is 0. The van der Waals surface area contributed by atoms with Gasteiger partial charge < -0.3 is 10.2 Å². The van der Waals surface area contributed by atoms with E-state index in [1.54, 1.807) is 0 Å². The van der Waals surface area contributed by atoms with Crippen molar-refractivity contribution in [2.24, 2.45) is 0 Å². The second-order valence-electron chi connectivity index (χ2n) is 1.77. The van der Waals surface area contributed by atoms with E-state index in [1.807, 2.05) is 0 Å². The Morgan fingerprint density at radius 1 is 0.786 bits per heavy atom. The molecule has 74 valence electrons. The maximum absolute atomic E-state index is 10.2. The van der Waals surface area contributed by atoms with E-state index in [2.05, 4.69) is 0 Å². The summed E-state index contributed by atoms with van der Waals surface area (Å²) in [5.74, 6) is 0. The first-order chi connectivity index (χ1) is 5.07. The molecule has 2 unspecified atom stereocenters. The predicted octanol–water partition coefficient (Wildman–Crippen LogP) is -9.86. The normalized spacial score (nSPS) is 16.0. The average molecular weight is 266 g/mol. The molecular formula is C2H4Na2O8S2. The average Bonchev–Trinajstić information content (AvgIpc) is 1.80. The summed E-state index contributed by atoms with van der Waals surface area (Å²) < 4.78 is 55.4. The maximum atomic E-state index is 10.2. The van der Waals surface area contributed by atoms with Gasteiger partial charge >= 0.3 is 59.1 Å². The van der Waals surface area contributed by atoms with Crippen LogP contribution in [0.5, 0.6) is 0 Å². The fraction of sp³-hybridized carbons (Fsp3) is 1.00. The Morgan fingerprint density at radius 2 is 0.929 bits per heavy atom. The van der Waals surface area contributed by atoms with E-state index in [1.165, 1.54) is 0 Å². The van der Waals surface area contributed by atoms with Crippen molar-refractivity contribution in [3.8, 4) is 0 Å². The molecule has 0 aliphatic carbocycles. The van der Waals surface area contributed by atoms with Gasteiger partial charge in [0.1, 0.15) is 0 Å². The van der Waals surface area contributed by atoms with Crippen LogP contribution in [-0.4, -0.2) is 36.8 Å². The van der Waals surface area contributed by atoms with Crippen molar-refractivity contribution in [2.45, 2.75) is 10.9 Å². The number of rotatable bonds is 3. The van der Waals surface area contributed by atoms with E-state index in [0.717, 1.165) is 0 Å². The summed E-state index contributed by atoms with van der Waals surface area (Å²) in [5, 5.41) is 20.4. The molecule has 8 nitrogen and oxygen atoms in total. The van der Waals surface area contributed by atoms with Crippen LogP contribution >= 0.6 is 0 Å². The van der Waals surface area contributed by atoms with Gasteiger partial charge in [0.25, 0.3) is 20.2 Å². The van der Waals surface area contributed by atoms with E-state index in [4.69, 9.17) is 9.11 Å². The Morgan fingerprint density at radius 3 is 1.00 bits per heavy atom. The standard InChI is InChI=1S/C2H4O8S2.2Na/c3-1(11(5,6)7)2(4)12(8,9)10;;/h1-2H,(H,5,6,7)(H,8,9,10);;/q-2;2*+1. The third kappa shape index (κ3) is 7.09. The van der Waals surface area contributed by atoms with E-state index >= 15 is 0 Å². The fourth-order valence-corrected chi connectivity index (χ4v) is 1.68. The molecule has 0 aromatic heterocycles. The summed E-state index contributed by atoms with van der Waals surface area (Å²) in [4.78, 5) is 0. The van der Waals surface area contributed by atoms with Crippen molar-refractivity contribution in [1.82, 2.24) is 0 Å². The molecule has 2 atom stereocenters. The van der Waals surface area contributed by atoms with Gasteiger partial charge in [0.2, 0.25) is 0 Å². The Hall–Kier alpha value is 1.74. The summed E-state index contributed by atoms with van der Waals surface area (Å²) in [6, 6.07) is 0. The van der Waals surface area contributed by atoms with Crippen LogP contribution < -0.4 is 69.3 Å². The van der Waals surface area contributed by atoms with Gasteiger partial charge in [0.15, 0.2) is 0 Å². The minimum absolute atomic E-state index is 0. The van der Waals surface area contributed by atoms with Gasteiger partial charge in [0, 0.05) is 10.9 Å². The summed E-state index contributed by atoms with van der Waals surface area (Å²) in [7, 11) is -10.6. The molecule has 0 aromatic rings. The second kappa shape index (κ2) is 7.14. The molecule has 2 N–H and O–H groups in total. The van der Waals surface area contributed by atoms with Gasteiger partial charge in [-0.1, -0.05) is 0 Å². The first-order valence-corrected chi connectivity index (χ1v) is 5.31. The zero-order valence-electron chi connectivity index (χ0n) is 7.32. The van der Waals surface area contributed by atoms with Crippen molar-refractivity contribution in [3.05, 3.63) is 0 Å². The van der Waals surface area contributed by atoms with Gasteiger partial charge in [-0.05, 0) is 0 Å². The zero-order valence-corrected chi connectivity index (χ0v) is 12.9. The molecule has 0 bridgehead atoms. The first kappa shape index (κ1) is 21.1. The summed E-state index contributed by atoms with van der Waals surface area (Å²) >= 11 is 0. The van der Waals surface area contributed by atoms with Crippen LogP contribution in [0, 0.1) is 0 Å². The van der Waals surface area contributed by atoms with Crippen molar-refractivity contribution < 1.29 is 95.3 Å². The Kier molecular flexibility index (Phi) is 10.7. The molecule has 0 fully saturated rings. The molecule has 0 saturated heterocycles. The third-order valence-electron chi connectivity index (χ3n) is 0.809. The second-order valence-corrected chi connectivity index (χ2v) is 4.76. The van der Waals surface area contributed by atoms with Crippen molar-refractivity contribution in [3.63, 3.8) is 0 Å². The quantitative estimate of drug-likeness (QED) is 0.377. The molecule has 0 aliphatic heterocycles. The van der Waals surface area contributed by atoms with E-state index in [-0.39, 0.29) is 59.1 Å². The Bertz CT molecular complexity index is 308. The van der Waals surface area contributed by atoms with Crippen LogP contribution in [0.2, 0.25) is 0 Å². The minimum Gasteiger partial charge on any atom is -0.839 e. The molecule has 0 aromatic carbocycles. The molecular weight excluding hydrogens is 262 g/mol. The van der Waals surface area contributed by atoms with Gasteiger partial charge in [-0.15, -0.1) is 0 Å². The molecule has 0 radical (unpaired) electrons.